The lowest BCUT2D eigenvalue weighted by Gasteiger charge is -2.43. The van der Waals surface area contributed by atoms with E-state index in [-0.39, 0.29) is 24.1 Å². The molecule has 0 aliphatic carbocycles. The molecule has 2 aliphatic heterocycles. The summed E-state index contributed by atoms with van der Waals surface area (Å²) >= 11 is 0. The SMILES string of the molecule is COc1ccc(C2CCN(C(CO)C3CCN(C(=O)C=Cc4cc(F)c(F)c(F)c4)CC3)CC2)cc1. The summed E-state index contributed by atoms with van der Waals surface area (Å²) in [5.41, 5.74) is 1.41. The first-order valence-electron chi connectivity index (χ1n) is 12.5. The van der Waals surface area contributed by atoms with Crippen LogP contribution >= 0.6 is 0 Å². The molecule has 8 heteroatoms. The summed E-state index contributed by atoms with van der Waals surface area (Å²) in [6.45, 7) is 3.05. The molecule has 1 atom stereocenters. The van der Waals surface area contributed by atoms with Crippen molar-refractivity contribution in [2.24, 2.45) is 5.92 Å². The molecule has 0 bridgehead atoms. The van der Waals surface area contributed by atoms with Gasteiger partial charge in [0.05, 0.1) is 13.7 Å². The number of carbonyl (C=O) groups excluding carboxylic acids is 1. The van der Waals surface area contributed by atoms with Crippen LogP contribution in [0.25, 0.3) is 6.08 Å². The van der Waals surface area contributed by atoms with Crippen molar-refractivity contribution in [1.82, 2.24) is 9.80 Å². The molecule has 2 saturated heterocycles. The van der Waals surface area contributed by atoms with E-state index in [1.807, 2.05) is 12.1 Å². The van der Waals surface area contributed by atoms with E-state index in [4.69, 9.17) is 4.74 Å². The number of methoxy groups -OCH3 is 1. The Morgan fingerprint density at radius 1 is 1.03 bits per heavy atom. The number of amides is 1. The molecular weight excluding hydrogens is 469 g/mol. The summed E-state index contributed by atoms with van der Waals surface area (Å²) in [6.07, 6.45) is 6.19. The van der Waals surface area contributed by atoms with E-state index >= 15 is 0 Å². The second kappa shape index (κ2) is 11.9. The molecule has 5 nitrogen and oxygen atoms in total. The van der Waals surface area contributed by atoms with Crippen molar-refractivity contribution in [3.05, 3.63) is 71.1 Å². The summed E-state index contributed by atoms with van der Waals surface area (Å²) in [6, 6.07) is 10.0. The molecule has 36 heavy (non-hydrogen) atoms. The van der Waals surface area contributed by atoms with E-state index in [0.29, 0.717) is 24.9 Å². The van der Waals surface area contributed by atoms with Crippen molar-refractivity contribution in [3.8, 4) is 5.75 Å². The molecular formula is C28H33F3N2O3. The van der Waals surface area contributed by atoms with Crippen molar-refractivity contribution in [2.45, 2.75) is 37.6 Å². The molecule has 2 heterocycles. The fraction of sp³-hybridized carbons (Fsp3) is 0.464. The summed E-state index contributed by atoms with van der Waals surface area (Å²) in [5.74, 6) is -2.70. The van der Waals surface area contributed by atoms with Gasteiger partial charge in [-0.3, -0.25) is 9.69 Å². The average Bonchev–Trinajstić information content (AvgIpc) is 2.91. The summed E-state index contributed by atoms with van der Waals surface area (Å²) in [4.78, 5) is 16.7. The maximum absolute atomic E-state index is 13.4. The van der Waals surface area contributed by atoms with E-state index in [2.05, 4.69) is 17.0 Å². The first-order chi connectivity index (χ1) is 17.4. The monoisotopic (exact) mass is 502 g/mol. The molecule has 2 aromatic carbocycles. The molecule has 0 aromatic heterocycles. The molecule has 2 fully saturated rings. The van der Waals surface area contributed by atoms with Crippen molar-refractivity contribution in [1.29, 1.82) is 0 Å². The highest BCUT2D eigenvalue weighted by atomic mass is 19.2. The maximum Gasteiger partial charge on any atom is 0.246 e. The number of aliphatic hydroxyl groups excluding tert-OH is 1. The van der Waals surface area contributed by atoms with Gasteiger partial charge in [-0.1, -0.05) is 12.1 Å². The van der Waals surface area contributed by atoms with Gasteiger partial charge in [-0.15, -0.1) is 0 Å². The summed E-state index contributed by atoms with van der Waals surface area (Å²) in [7, 11) is 1.66. The quantitative estimate of drug-likeness (QED) is 0.444. The van der Waals surface area contributed by atoms with Crippen LogP contribution in [0, 0.1) is 23.4 Å². The number of hydrogen-bond donors (Lipinski definition) is 1. The lowest BCUT2D eigenvalue weighted by atomic mass is 9.85. The third-order valence-corrected chi connectivity index (χ3v) is 7.59. The number of ether oxygens (including phenoxy) is 1. The van der Waals surface area contributed by atoms with Gasteiger partial charge < -0.3 is 14.7 Å². The van der Waals surface area contributed by atoms with Crippen LogP contribution < -0.4 is 4.74 Å². The lowest BCUT2D eigenvalue weighted by molar-refractivity contribution is -0.127. The normalized spacial score (nSPS) is 19.1. The third kappa shape index (κ3) is 6.10. The number of piperidine rings is 2. The zero-order chi connectivity index (χ0) is 25.7. The Morgan fingerprint density at radius 3 is 2.19 bits per heavy atom. The number of aliphatic hydroxyl groups is 1. The van der Waals surface area contributed by atoms with Gasteiger partial charge >= 0.3 is 0 Å². The Morgan fingerprint density at radius 2 is 1.64 bits per heavy atom. The van der Waals surface area contributed by atoms with Crippen LogP contribution in [0.15, 0.2) is 42.5 Å². The second-order valence-electron chi connectivity index (χ2n) is 9.63. The molecule has 1 amide bonds. The maximum atomic E-state index is 13.4. The minimum Gasteiger partial charge on any atom is -0.497 e. The Kier molecular flexibility index (Phi) is 8.69. The van der Waals surface area contributed by atoms with Crippen LogP contribution in [0.3, 0.4) is 0 Å². The molecule has 2 aliphatic rings. The number of nitrogens with zero attached hydrogens (tertiary/aromatic N) is 2. The Balaban J connectivity index is 1.27. The van der Waals surface area contributed by atoms with E-state index in [1.54, 1.807) is 12.0 Å². The molecule has 0 radical (unpaired) electrons. The van der Waals surface area contributed by atoms with Crippen molar-refractivity contribution < 1.29 is 27.8 Å². The molecule has 0 saturated carbocycles. The zero-order valence-electron chi connectivity index (χ0n) is 20.5. The second-order valence-corrected chi connectivity index (χ2v) is 9.63. The van der Waals surface area contributed by atoms with Crippen LogP contribution in [0.5, 0.6) is 5.75 Å². The fourth-order valence-electron chi connectivity index (χ4n) is 5.45. The van der Waals surface area contributed by atoms with Crippen molar-refractivity contribution in [2.75, 3.05) is 39.9 Å². The third-order valence-electron chi connectivity index (χ3n) is 7.59. The van der Waals surface area contributed by atoms with Gasteiger partial charge in [0.2, 0.25) is 5.91 Å². The molecule has 1 unspecified atom stereocenters. The van der Waals surface area contributed by atoms with E-state index in [1.165, 1.54) is 17.7 Å². The van der Waals surface area contributed by atoms with Crippen molar-refractivity contribution in [3.63, 3.8) is 0 Å². The van der Waals surface area contributed by atoms with E-state index in [9.17, 15) is 23.1 Å². The van der Waals surface area contributed by atoms with Crippen LogP contribution in [-0.4, -0.2) is 66.8 Å². The molecule has 0 spiro atoms. The minimum absolute atomic E-state index is 0.0692. The van der Waals surface area contributed by atoms with Gasteiger partial charge in [0, 0.05) is 25.2 Å². The van der Waals surface area contributed by atoms with Crippen LogP contribution in [0.1, 0.15) is 42.7 Å². The Bertz CT molecular complexity index is 1040. The number of benzene rings is 2. The van der Waals surface area contributed by atoms with Gasteiger partial charge in [-0.05, 0) is 92.1 Å². The smallest absolute Gasteiger partial charge is 0.246 e. The van der Waals surface area contributed by atoms with Gasteiger partial charge in [0.25, 0.3) is 0 Å². The molecule has 2 aromatic rings. The van der Waals surface area contributed by atoms with E-state index < -0.39 is 17.5 Å². The zero-order valence-corrected chi connectivity index (χ0v) is 20.5. The summed E-state index contributed by atoms with van der Waals surface area (Å²) < 4.78 is 45.1. The predicted octanol–water partition coefficient (Wildman–Crippen LogP) is 4.60. The topological polar surface area (TPSA) is 53.0 Å². The molecule has 4 rings (SSSR count). The van der Waals surface area contributed by atoms with E-state index in [0.717, 1.165) is 56.7 Å². The lowest BCUT2D eigenvalue weighted by Crippen LogP contribution is -2.50. The number of carbonyl (C=O) groups is 1. The highest BCUT2D eigenvalue weighted by Gasteiger charge is 2.33. The summed E-state index contributed by atoms with van der Waals surface area (Å²) in [5, 5.41) is 10.2. The van der Waals surface area contributed by atoms with Crippen LogP contribution in [0.4, 0.5) is 13.2 Å². The Hall–Kier alpha value is -2.84. The molecule has 1 N–H and O–H groups in total. The first-order valence-corrected chi connectivity index (χ1v) is 12.5. The van der Waals surface area contributed by atoms with Gasteiger partial charge in [0.15, 0.2) is 17.5 Å². The van der Waals surface area contributed by atoms with Crippen molar-refractivity contribution >= 4 is 12.0 Å². The minimum atomic E-state index is -1.52. The van der Waals surface area contributed by atoms with Gasteiger partial charge in [-0.2, -0.15) is 0 Å². The van der Waals surface area contributed by atoms with Crippen LogP contribution in [-0.2, 0) is 4.79 Å². The average molecular weight is 503 g/mol. The Labute approximate surface area is 210 Å². The standard InChI is InChI=1S/C28H33F3N2O3/c1-36-23-5-3-20(4-6-23)21-8-12-32(13-9-21)26(18-34)22-10-14-33(15-11-22)27(35)7-2-19-16-24(29)28(31)25(30)17-19/h2-7,16-17,21-22,26,34H,8-15,18H2,1H3. The van der Waals surface area contributed by atoms with Gasteiger partial charge in [0.1, 0.15) is 5.75 Å². The van der Waals surface area contributed by atoms with Crippen LogP contribution in [0.2, 0.25) is 0 Å². The predicted molar refractivity (Wildman–Crippen MR) is 132 cm³/mol. The van der Waals surface area contributed by atoms with Gasteiger partial charge in [-0.25, -0.2) is 13.2 Å². The number of rotatable bonds is 7. The molecule has 194 valence electrons. The highest BCUT2D eigenvalue weighted by Crippen LogP contribution is 2.33. The first kappa shape index (κ1) is 26.2. The fourth-order valence-corrected chi connectivity index (χ4v) is 5.45. The highest BCUT2D eigenvalue weighted by molar-refractivity contribution is 5.91. The number of hydrogen-bond acceptors (Lipinski definition) is 4. The largest absolute Gasteiger partial charge is 0.497 e. The number of halogens is 3. The number of likely N-dealkylation sites (tertiary alicyclic amines) is 2.